The first-order valence-corrected chi connectivity index (χ1v) is 4.66. The summed E-state index contributed by atoms with van der Waals surface area (Å²) in [6, 6.07) is 0.672. The van der Waals surface area contributed by atoms with E-state index in [9.17, 15) is 4.79 Å². The van der Waals surface area contributed by atoms with Crippen molar-refractivity contribution >= 4 is 5.97 Å². The molecule has 1 N–H and O–H groups in total. The van der Waals surface area contributed by atoms with Gasteiger partial charge in [0.25, 0.3) is 0 Å². The molecule has 0 bridgehead atoms. The molecule has 0 aromatic heterocycles. The van der Waals surface area contributed by atoms with Gasteiger partial charge in [0.05, 0.1) is 19.6 Å². The maximum Gasteiger partial charge on any atom is 0.304 e. The molecule has 1 aliphatic rings. The van der Waals surface area contributed by atoms with Gasteiger partial charge in [-0.3, -0.25) is 9.69 Å². The van der Waals surface area contributed by atoms with Gasteiger partial charge >= 0.3 is 5.97 Å². The summed E-state index contributed by atoms with van der Waals surface area (Å²) in [4.78, 5) is 12.6. The molecule has 0 radical (unpaired) electrons. The van der Waals surface area contributed by atoms with E-state index in [1.165, 1.54) is 0 Å². The quantitative estimate of drug-likeness (QED) is 0.701. The molecule has 1 heterocycles. The first-order valence-electron chi connectivity index (χ1n) is 4.66. The fourth-order valence-corrected chi connectivity index (χ4v) is 1.70. The van der Waals surface area contributed by atoms with Gasteiger partial charge in [-0.15, -0.1) is 0 Å². The smallest absolute Gasteiger partial charge is 0.304 e. The van der Waals surface area contributed by atoms with Crippen LogP contribution in [-0.2, 0) is 9.53 Å². The zero-order valence-electron chi connectivity index (χ0n) is 8.19. The van der Waals surface area contributed by atoms with Gasteiger partial charge in [-0.1, -0.05) is 0 Å². The molecule has 0 spiro atoms. The molecular weight excluding hydrogens is 170 g/mol. The van der Waals surface area contributed by atoms with Gasteiger partial charge < -0.3 is 9.84 Å². The summed E-state index contributed by atoms with van der Waals surface area (Å²) in [5, 5.41) is 8.56. The molecule has 1 saturated heterocycles. The number of nitrogens with zero attached hydrogens (tertiary/aromatic N) is 1. The monoisotopic (exact) mass is 187 g/mol. The lowest BCUT2D eigenvalue weighted by atomic mass is 10.1. The lowest BCUT2D eigenvalue weighted by Crippen LogP contribution is -2.50. The number of morpholine rings is 1. The Kier molecular flexibility index (Phi) is 3.69. The third kappa shape index (κ3) is 2.97. The van der Waals surface area contributed by atoms with Crippen molar-refractivity contribution in [1.82, 2.24) is 4.90 Å². The normalized spacial score (nSPS) is 30.3. The van der Waals surface area contributed by atoms with Crippen LogP contribution in [0.3, 0.4) is 0 Å². The maximum absolute atomic E-state index is 10.4. The number of carbonyl (C=O) groups is 1. The topological polar surface area (TPSA) is 49.8 Å². The van der Waals surface area contributed by atoms with Crippen LogP contribution >= 0.6 is 0 Å². The Balaban J connectivity index is 2.39. The zero-order chi connectivity index (χ0) is 9.84. The molecule has 76 valence electrons. The Hall–Kier alpha value is -0.610. The van der Waals surface area contributed by atoms with Crippen LogP contribution in [0.5, 0.6) is 0 Å². The fraction of sp³-hybridized carbons (Fsp3) is 0.889. The Morgan fingerprint density at radius 1 is 1.46 bits per heavy atom. The lowest BCUT2D eigenvalue weighted by Gasteiger charge is -2.38. The number of carboxylic acid groups (broad SMARTS) is 1. The van der Waals surface area contributed by atoms with Gasteiger partial charge in [0.1, 0.15) is 0 Å². The van der Waals surface area contributed by atoms with E-state index < -0.39 is 5.97 Å². The first kappa shape index (κ1) is 10.5. The Labute approximate surface area is 78.5 Å². The lowest BCUT2D eigenvalue weighted by molar-refractivity contribution is -0.138. The van der Waals surface area contributed by atoms with Crippen LogP contribution in [0.1, 0.15) is 20.3 Å². The molecule has 1 fully saturated rings. The summed E-state index contributed by atoms with van der Waals surface area (Å²) in [5.41, 5.74) is 0. The third-order valence-electron chi connectivity index (χ3n) is 2.43. The second-order valence-corrected chi connectivity index (χ2v) is 3.62. The summed E-state index contributed by atoms with van der Waals surface area (Å²) in [6.07, 6.45) is 0.217. The van der Waals surface area contributed by atoms with Crippen LogP contribution in [0.25, 0.3) is 0 Å². The predicted molar refractivity (Wildman–Crippen MR) is 48.7 cm³/mol. The summed E-state index contributed by atoms with van der Waals surface area (Å²) < 4.78 is 5.34. The first-order chi connectivity index (χ1) is 6.11. The highest BCUT2D eigenvalue weighted by Gasteiger charge is 2.25. The minimum absolute atomic E-state index is 0.217. The number of rotatable bonds is 3. The van der Waals surface area contributed by atoms with E-state index in [0.717, 1.165) is 0 Å². The van der Waals surface area contributed by atoms with Crippen molar-refractivity contribution < 1.29 is 14.6 Å². The standard InChI is InChI=1S/C9H17NO3/c1-7-5-13-6-8(2)10(7)4-3-9(11)12/h7-8H,3-6H2,1-2H3,(H,11,12). The number of ether oxygens (including phenoxy) is 1. The number of aliphatic carboxylic acids is 1. The van der Waals surface area contributed by atoms with Crippen LogP contribution in [0.4, 0.5) is 0 Å². The Bertz CT molecular complexity index is 174. The molecule has 2 atom stereocenters. The molecule has 2 unspecified atom stereocenters. The van der Waals surface area contributed by atoms with Crippen LogP contribution in [0, 0.1) is 0 Å². The van der Waals surface area contributed by atoms with Gasteiger partial charge in [0.2, 0.25) is 0 Å². The predicted octanol–water partition coefficient (Wildman–Crippen LogP) is 0.570. The van der Waals surface area contributed by atoms with E-state index in [-0.39, 0.29) is 6.42 Å². The van der Waals surface area contributed by atoms with Gasteiger partial charge in [-0.25, -0.2) is 0 Å². The molecular formula is C9H17NO3. The molecule has 4 nitrogen and oxygen atoms in total. The second-order valence-electron chi connectivity index (χ2n) is 3.62. The average Bonchev–Trinajstić information content (AvgIpc) is 2.03. The summed E-state index contributed by atoms with van der Waals surface area (Å²) in [5.74, 6) is -0.731. The number of hydrogen-bond donors (Lipinski definition) is 1. The summed E-state index contributed by atoms with van der Waals surface area (Å²) >= 11 is 0. The van der Waals surface area contributed by atoms with E-state index in [1.807, 2.05) is 0 Å². The maximum atomic E-state index is 10.4. The van der Waals surface area contributed by atoms with E-state index >= 15 is 0 Å². The molecule has 0 aromatic rings. The fourth-order valence-electron chi connectivity index (χ4n) is 1.70. The molecule has 13 heavy (non-hydrogen) atoms. The van der Waals surface area contributed by atoms with Gasteiger partial charge in [0, 0.05) is 18.6 Å². The average molecular weight is 187 g/mol. The van der Waals surface area contributed by atoms with E-state index in [0.29, 0.717) is 31.8 Å². The molecule has 0 aliphatic carbocycles. The van der Waals surface area contributed by atoms with Crippen molar-refractivity contribution in [2.45, 2.75) is 32.4 Å². The van der Waals surface area contributed by atoms with Crippen LogP contribution < -0.4 is 0 Å². The molecule has 0 saturated carbocycles. The van der Waals surface area contributed by atoms with Crippen molar-refractivity contribution in [1.29, 1.82) is 0 Å². The zero-order valence-corrected chi connectivity index (χ0v) is 8.19. The van der Waals surface area contributed by atoms with Crippen molar-refractivity contribution in [2.24, 2.45) is 0 Å². The van der Waals surface area contributed by atoms with Crippen LogP contribution in [0.2, 0.25) is 0 Å². The van der Waals surface area contributed by atoms with Crippen molar-refractivity contribution in [3.63, 3.8) is 0 Å². The molecule has 0 aromatic carbocycles. The molecule has 4 heteroatoms. The van der Waals surface area contributed by atoms with Gasteiger partial charge in [0.15, 0.2) is 0 Å². The molecule has 1 rings (SSSR count). The van der Waals surface area contributed by atoms with Gasteiger partial charge in [-0.05, 0) is 13.8 Å². The van der Waals surface area contributed by atoms with Crippen molar-refractivity contribution in [3.8, 4) is 0 Å². The van der Waals surface area contributed by atoms with E-state index in [1.54, 1.807) is 0 Å². The number of carboxylic acids is 1. The highest BCUT2D eigenvalue weighted by Crippen LogP contribution is 2.12. The van der Waals surface area contributed by atoms with Crippen LogP contribution in [-0.4, -0.2) is 47.8 Å². The Morgan fingerprint density at radius 3 is 2.46 bits per heavy atom. The summed E-state index contributed by atoms with van der Waals surface area (Å²) in [6.45, 7) is 6.18. The SMILES string of the molecule is CC1COCC(C)N1CCC(=O)O. The van der Waals surface area contributed by atoms with Crippen molar-refractivity contribution in [2.75, 3.05) is 19.8 Å². The van der Waals surface area contributed by atoms with E-state index in [4.69, 9.17) is 9.84 Å². The van der Waals surface area contributed by atoms with Crippen molar-refractivity contribution in [3.05, 3.63) is 0 Å². The highest BCUT2D eigenvalue weighted by molar-refractivity contribution is 5.66. The molecule has 0 amide bonds. The van der Waals surface area contributed by atoms with Gasteiger partial charge in [-0.2, -0.15) is 0 Å². The van der Waals surface area contributed by atoms with E-state index in [2.05, 4.69) is 18.7 Å². The third-order valence-corrected chi connectivity index (χ3v) is 2.43. The van der Waals surface area contributed by atoms with Crippen LogP contribution in [0.15, 0.2) is 0 Å². The highest BCUT2D eigenvalue weighted by atomic mass is 16.5. The second kappa shape index (κ2) is 4.58. The summed E-state index contributed by atoms with van der Waals surface area (Å²) in [7, 11) is 0. The Morgan fingerprint density at radius 2 is 2.00 bits per heavy atom. The minimum Gasteiger partial charge on any atom is -0.481 e. The minimum atomic E-state index is -0.731. The number of hydrogen-bond acceptors (Lipinski definition) is 3. The molecule has 1 aliphatic heterocycles. The largest absolute Gasteiger partial charge is 0.481 e.